The molecule has 1 unspecified atom stereocenters. The summed E-state index contributed by atoms with van der Waals surface area (Å²) in [5.74, 6) is -2.62. The number of aromatic nitrogens is 2. The van der Waals surface area contributed by atoms with Gasteiger partial charge in [0, 0.05) is 0 Å². The second kappa shape index (κ2) is 7.87. The molecule has 1 saturated heterocycles. The van der Waals surface area contributed by atoms with Crippen molar-refractivity contribution in [3.63, 3.8) is 0 Å². The van der Waals surface area contributed by atoms with Crippen LogP contribution in [0.15, 0.2) is 58.7 Å². The average Bonchev–Trinajstić information content (AvgIpc) is 3.53. The Hall–Kier alpha value is -4.40. The van der Waals surface area contributed by atoms with Gasteiger partial charge in [0.05, 0.1) is 35.5 Å². The number of halogens is 1. The molecule has 0 spiro atoms. The first kappa shape index (κ1) is 21.4. The van der Waals surface area contributed by atoms with E-state index < -0.39 is 29.3 Å². The van der Waals surface area contributed by atoms with Gasteiger partial charge in [0.1, 0.15) is 29.1 Å². The van der Waals surface area contributed by atoms with E-state index in [1.54, 1.807) is 12.1 Å². The molecule has 2 aromatic carbocycles. The van der Waals surface area contributed by atoms with Crippen LogP contribution in [0.25, 0.3) is 16.8 Å². The third-order valence-electron chi connectivity index (χ3n) is 5.99. The molecule has 2 N–H and O–H groups in total. The lowest BCUT2D eigenvalue weighted by molar-refractivity contribution is -0.132. The van der Waals surface area contributed by atoms with Crippen LogP contribution in [0.5, 0.6) is 5.75 Å². The molecule has 1 fully saturated rings. The van der Waals surface area contributed by atoms with E-state index in [1.165, 1.54) is 19.4 Å². The number of aliphatic hydroxyl groups excluding tert-OH is 1. The van der Waals surface area contributed by atoms with Crippen LogP contribution in [0.3, 0.4) is 0 Å². The number of Topliss-reactive ketones (excluding diaryl/α,β-unsaturated/α-hetero) is 1. The van der Waals surface area contributed by atoms with Gasteiger partial charge in [-0.15, -0.1) is 0 Å². The van der Waals surface area contributed by atoms with Crippen molar-refractivity contribution in [1.82, 2.24) is 9.97 Å². The van der Waals surface area contributed by atoms with Crippen molar-refractivity contribution in [2.75, 3.05) is 12.0 Å². The Labute approximate surface area is 193 Å². The second-order valence-corrected chi connectivity index (χ2v) is 8.04. The van der Waals surface area contributed by atoms with E-state index in [0.29, 0.717) is 11.0 Å². The predicted octanol–water partition coefficient (Wildman–Crippen LogP) is 4.55. The summed E-state index contributed by atoms with van der Waals surface area (Å²) in [6, 6.07) is 9.35. The van der Waals surface area contributed by atoms with E-state index in [-0.39, 0.29) is 28.6 Å². The van der Waals surface area contributed by atoms with Gasteiger partial charge >= 0.3 is 5.91 Å². The molecule has 9 heteroatoms. The Morgan fingerprint density at radius 3 is 2.65 bits per heavy atom. The fourth-order valence-electron chi connectivity index (χ4n) is 4.15. The minimum atomic E-state index is -1.13. The molecule has 1 aliphatic heterocycles. The highest BCUT2D eigenvalue weighted by molar-refractivity contribution is 6.51. The van der Waals surface area contributed by atoms with Gasteiger partial charge in [-0.2, -0.15) is 0 Å². The Kier molecular flexibility index (Phi) is 4.97. The lowest BCUT2D eigenvalue weighted by Crippen LogP contribution is -2.30. The molecule has 1 atom stereocenters. The zero-order valence-electron chi connectivity index (χ0n) is 18.5. The smallest absolute Gasteiger partial charge is 0.302 e. The van der Waals surface area contributed by atoms with E-state index in [4.69, 9.17) is 9.15 Å². The number of hydrogen-bond donors (Lipinski definition) is 2. The first-order chi connectivity index (χ1) is 16.3. The first-order valence-electron chi connectivity index (χ1n) is 10.5. The number of nitrogens with zero attached hydrogens (tertiary/aromatic N) is 2. The second-order valence-electron chi connectivity index (χ2n) is 8.04. The van der Waals surface area contributed by atoms with Gasteiger partial charge in [0.15, 0.2) is 0 Å². The number of H-pyrrole nitrogens is 1. The Morgan fingerprint density at radius 2 is 1.94 bits per heavy atom. The van der Waals surface area contributed by atoms with Gasteiger partial charge in [-0.1, -0.05) is 0 Å². The monoisotopic (exact) mass is 461 g/mol. The summed E-state index contributed by atoms with van der Waals surface area (Å²) in [7, 11) is 1.35. The number of carbonyl (C=O) groups is 2. The van der Waals surface area contributed by atoms with Crippen LogP contribution in [-0.4, -0.2) is 33.9 Å². The van der Waals surface area contributed by atoms with Crippen LogP contribution in [0, 0.1) is 19.7 Å². The summed E-state index contributed by atoms with van der Waals surface area (Å²) in [6.45, 7) is 3.90. The van der Waals surface area contributed by atoms with E-state index in [2.05, 4.69) is 9.97 Å². The summed E-state index contributed by atoms with van der Waals surface area (Å²) in [5, 5.41) is 11.2. The lowest BCUT2D eigenvalue weighted by atomic mass is 9.99. The van der Waals surface area contributed by atoms with E-state index >= 15 is 0 Å². The zero-order chi connectivity index (χ0) is 24.1. The van der Waals surface area contributed by atoms with Crippen LogP contribution in [0.1, 0.15) is 28.5 Å². The molecule has 0 aliphatic carbocycles. The maximum Gasteiger partial charge on any atom is 0.302 e. The number of aliphatic hydroxyl groups is 1. The minimum absolute atomic E-state index is 0.0621. The summed E-state index contributed by atoms with van der Waals surface area (Å²) < 4.78 is 24.8. The number of rotatable bonds is 4. The molecule has 0 saturated carbocycles. The summed E-state index contributed by atoms with van der Waals surface area (Å²) in [6.07, 6.45) is 1.39. The summed E-state index contributed by atoms with van der Waals surface area (Å²) >= 11 is 0. The van der Waals surface area contributed by atoms with Crippen molar-refractivity contribution in [3.05, 3.63) is 82.6 Å². The fraction of sp³-hybridized carbons (Fsp3) is 0.160. The van der Waals surface area contributed by atoms with Crippen LogP contribution in [0.4, 0.5) is 10.3 Å². The number of aromatic amines is 1. The maximum atomic E-state index is 14.0. The van der Waals surface area contributed by atoms with Crippen molar-refractivity contribution in [3.8, 4) is 5.75 Å². The largest absolute Gasteiger partial charge is 0.507 e. The molecule has 0 radical (unpaired) electrons. The molecule has 3 heterocycles. The number of ketones is 1. The summed E-state index contributed by atoms with van der Waals surface area (Å²) in [4.78, 5) is 35.2. The maximum absolute atomic E-state index is 14.0. The van der Waals surface area contributed by atoms with Crippen molar-refractivity contribution >= 4 is 34.4 Å². The molecular weight excluding hydrogens is 441 g/mol. The standard InChI is InChI=1S/C25H20FN3O5/c1-12-9-16-17(10-13(12)2)28-25(27-16)29-21(19-5-4-8-34-19)20(23(31)24(29)32)22(30)15-11-14(26)6-7-18(15)33-3/h4-11,21,30H,1-3H3,(H,27,28)/b22-20+. The van der Waals surface area contributed by atoms with Gasteiger partial charge in [0.2, 0.25) is 5.95 Å². The zero-order valence-corrected chi connectivity index (χ0v) is 18.5. The molecule has 0 bridgehead atoms. The number of aryl methyl sites for hydroxylation is 2. The topological polar surface area (TPSA) is 109 Å². The van der Waals surface area contributed by atoms with Crippen molar-refractivity contribution < 1.29 is 28.2 Å². The molecule has 172 valence electrons. The number of nitrogens with one attached hydrogen (secondary N) is 1. The van der Waals surface area contributed by atoms with Crippen molar-refractivity contribution in [2.45, 2.75) is 19.9 Å². The van der Waals surface area contributed by atoms with Crippen molar-refractivity contribution in [1.29, 1.82) is 0 Å². The van der Waals surface area contributed by atoms with Crippen LogP contribution < -0.4 is 9.64 Å². The number of furan rings is 1. The number of fused-ring (bicyclic) bond motifs is 1. The Morgan fingerprint density at radius 1 is 1.18 bits per heavy atom. The molecule has 1 amide bonds. The number of benzene rings is 2. The van der Waals surface area contributed by atoms with Gasteiger partial charge in [0.25, 0.3) is 5.78 Å². The lowest BCUT2D eigenvalue weighted by Gasteiger charge is -2.20. The van der Waals surface area contributed by atoms with Crippen molar-refractivity contribution in [2.24, 2.45) is 0 Å². The molecule has 1 aliphatic rings. The molecule has 34 heavy (non-hydrogen) atoms. The highest BCUT2D eigenvalue weighted by Crippen LogP contribution is 2.43. The van der Waals surface area contributed by atoms with Gasteiger partial charge < -0.3 is 19.2 Å². The first-order valence-corrected chi connectivity index (χ1v) is 10.5. The minimum Gasteiger partial charge on any atom is -0.507 e. The van der Waals surface area contributed by atoms with Crippen LogP contribution >= 0.6 is 0 Å². The predicted molar refractivity (Wildman–Crippen MR) is 122 cm³/mol. The number of anilines is 1. The highest BCUT2D eigenvalue weighted by Gasteiger charge is 2.49. The normalized spacial score (nSPS) is 17.6. The quantitative estimate of drug-likeness (QED) is 0.262. The molecular formula is C25H20FN3O5. The Bertz CT molecular complexity index is 1450. The molecule has 2 aromatic heterocycles. The third kappa shape index (κ3) is 3.24. The number of ether oxygens (including phenoxy) is 1. The van der Waals surface area contributed by atoms with Gasteiger partial charge in [-0.05, 0) is 67.4 Å². The number of carbonyl (C=O) groups excluding carboxylic acids is 2. The van der Waals surface area contributed by atoms with Crippen LogP contribution in [-0.2, 0) is 9.59 Å². The number of amides is 1. The highest BCUT2D eigenvalue weighted by atomic mass is 19.1. The van der Waals surface area contributed by atoms with Gasteiger partial charge in [-0.25, -0.2) is 9.37 Å². The molecule has 4 aromatic rings. The third-order valence-corrected chi connectivity index (χ3v) is 5.99. The SMILES string of the molecule is COc1ccc(F)cc1/C(O)=C1\C(=O)C(=O)N(c2nc3cc(C)c(C)cc3[nH]2)C1c1ccco1. The van der Waals surface area contributed by atoms with E-state index in [9.17, 15) is 19.1 Å². The number of hydrogen-bond acceptors (Lipinski definition) is 6. The van der Waals surface area contributed by atoms with Gasteiger partial charge in [-0.3, -0.25) is 14.5 Å². The number of imidazole rings is 1. The van der Waals surface area contributed by atoms with E-state index in [1.807, 2.05) is 26.0 Å². The van der Waals surface area contributed by atoms with Crippen LogP contribution in [0.2, 0.25) is 0 Å². The fourth-order valence-corrected chi connectivity index (χ4v) is 4.15. The molecule has 5 rings (SSSR count). The average molecular weight is 461 g/mol. The summed E-state index contributed by atoms with van der Waals surface area (Å²) in [5.41, 5.74) is 3.03. The Balaban J connectivity index is 1.74. The molecule has 8 nitrogen and oxygen atoms in total. The van der Waals surface area contributed by atoms with E-state index in [0.717, 1.165) is 28.2 Å². The number of methoxy groups -OCH3 is 1.